The third-order valence-corrected chi connectivity index (χ3v) is 3.58. The standard InChI is InChI=1S/C20H34O6/c1-9-11-15(3)17(21)23-25-19(5,6)13-14-20(7,8)26-24-18(22)16(4)12-10-2/h15-16H,9-12H2,1-8H3. The van der Waals surface area contributed by atoms with Gasteiger partial charge in [0.2, 0.25) is 0 Å². The highest BCUT2D eigenvalue weighted by molar-refractivity contribution is 5.71. The van der Waals surface area contributed by atoms with Gasteiger partial charge in [-0.1, -0.05) is 52.4 Å². The minimum atomic E-state index is -1.03. The fourth-order valence-corrected chi connectivity index (χ4v) is 1.90. The van der Waals surface area contributed by atoms with E-state index in [1.165, 1.54) is 0 Å². The van der Waals surface area contributed by atoms with E-state index in [0.29, 0.717) is 0 Å². The number of carbonyl (C=O) groups is 2. The molecule has 0 N–H and O–H groups in total. The zero-order chi connectivity index (χ0) is 20.4. The first kappa shape index (κ1) is 24.4. The van der Waals surface area contributed by atoms with E-state index in [0.717, 1.165) is 25.7 Å². The van der Waals surface area contributed by atoms with E-state index < -0.39 is 23.1 Å². The summed E-state index contributed by atoms with van der Waals surface area (Å²) in [5.41, 5.74) is -2.05. The van der Waals surface area contributed by atoms with Crippen molar-refractivity contribution in [3.05, 3.63) is 0 Å². The molecule has 0 aromatic rings. The molecule has 150 valence electrons. The predicted molar refractivity (Wildman–Crippen MR) is 98.4 cm³/mol. The first-order valence-corrected chi connectivity index (χ1v) is 9.27. The summed E-state index contributed by atoms with van der Waals surface area (Å²) < 4.78 is 0. The Labute approximate surface area is 157 Å². The van der Waals surface area contributed by atoms with Crippen molar-refractivity contribution in [3.8, 4) is 11.8 Å². The van der Waals surface area contributed by atoms with Crippen LogP contribution < -0.4 is 0 Å². The smallest absolute Gasteiger partial charge is 0.297 e. The molecule has 0 amide bonds. The Morgan fingerprint density at radius 1 is 0.769 bits per heavy atom. The lowest BCUT2D eigenvalue weighted by atomic mass is 10.1. The van der Waals surface area contributed by atoms with Crippen LogP contribution in [0.4, 0.5) is 0 Å². The molecule has 0 saturated carbocycles. The maximum absolute atomic E-state index is 11.8. The van der Waals surface area contributed by atoms with Crippen LogP contribution in [0.5, 0.6) is 0 Å². The molecule has 0 aromatic carbocycles. The Morgan fingerprint density at radius 2 is 1.08 bits per heavy atom. The number of carbonyl (C=O) groups excluding carboxylic acids is 2. The largest absolute Gasteiger partial charge is 0.345 e. The van der Waals surface area contributed by atoms with Crippen molar-refractivity contribution in [2.45, 2.75) is 92.3 Å². The van der Waals surface area contributed by atoms with Gasteiger partial charge in [-0.15, -0.1) is 0 Å². The van der Waals surface area contributed by atoms with Crippen LogP contribution in [0.1, 0.15) is 81.1 Å². The average Bonchev–Trinajstić information content (AvgIpc) is 2.56. The Bertz CT molecular complexity index is 468. The minimum absolute atomic E-state index is 0.229. The van der Waals surface area contributed by atoms with Gasteiger partial charge in [-0.3, -0.25) is 9.78 Å². The summed E-state index contributed by atoms with van der Waals surface area (Å²) in [7, 11) is 0. The molecular weight excluding hydrogens is 336 g/mol. The Morgan fingerprint density at radius 3 is 1.35 bits per heavy atom. The van der Waals surface area contributed by atoms with E-state index in [1.807, 2.05) is 13.8 Å². The minimum Gasteiger partial charge on any atom is -0.297 e. The lowest BCUT2D eigenvalue weighted by molar-refractivity contribution is -0.315. The molecule has 0 rings (SSSR count). The molecule has 0 aliphatic heterocycles. The van der Waals surface area contributed by atoms with Gasteiger partial charge in [0.05, 0.1) is 11.8 Å². The summed E-state index contributed by atoms with van der Waals surface area (Å²) >= 11 is 0. The molecule has 0 heterocycles. The third-order valence-electron chi connectivity index (χ3n) is 3.58. The van der Waals surface area contributed by atoms with Crippen LogP contribution in [0.3, 0.4) is 0 Å². The summed E-state index contributed by atoms with van der Waals surface area (Å²) in [6.45, 7) is 14.3. The van der Waals surface area contributed by atoms with Gasteiger partial charge in [-0.2, -0.15) is 9.78 Å². The van der Waals surface area contributed by atoms with E-state index in [9.17, 15) is 9.59 Å². The van der Waals surface area contributed by atoms with Crippen LogP contribution in [0.15, 0.2) is 0 Å². The van der Waals surface area contributed by atoms with Crippen molar-refractivity contribution in [2.75, 3.05) is 0 Å². The predicted octanol–water partition coefficient (Wildman–Crippen LogP) is 4.37. The molecule has 0 bridgehead atoms. The molecule has 0 radical (unpaired) electrons. The van der Waals surface area contributed by atoms with Crippen molar-refractivity contribution in [1.29, 1.82) is 0 Å². The third kappa shape index (κ3) is 10.4. The maximum atomic E-state index is 11.8. The Kier molecular flexibility index (Phi) is 10.5. The fraction of sp³-hybridized carbons (Fsp3) is 0.800. The van der Waals surface area contributed by atoms with Crippen molar-refractivity contribution in [3.63, 3.8) is 0 Å². The number of rotatable bonds is 10. The SMILES string of the molecule is CCCC(C)C(=O)OOC(C)(C)C#CC(C)(C)OOC(=O)C(C)CCC. The molecule has 2 atom stereocenters. The Hall–Kier alpha value is -1.58. The molecule has 0 spiro atoms. The molecule has 0 aromatic heterocycles. The number of hydrogen-bond acceptors (Lipinski definition) is 6. The molecule has 0 aliphatic rings. The molecule has 6 heteroatoms. The topological polar surface area (TPSA) is 71.1 Å². The molecule has 0 fully saturated rings. The van der Waals surface area contributed by atoms with E-state index in [1.54, 1.807) is 41.5 Å². The average molecular weight is 370 g/mol. The maximum Gasteiger partial charge on any atom is 0.345 e. The van der Waals surface area contributed by atoms with Crippen molar-refractivity contribution in [2.24, 2.45) is 11.8 Å². The lowest BCUT2D eigenvalue weighted by Gasteiger charge is -2.20. The summed E-state index contributed by atoms with van der Waals surface area (Å²) in [6, 6.07) is 0. The van der Waals surface area contributed by atoms with Gasteiger partial charge in [0.1, 0.15) is 0 Å². The van der Waals surface area contributed by atoms with Crippen LogP contribution >= 0.6 is 0 Å². The molecular formula is C20H34O6. The highest BCUT2D eigenvalue weighted by atomic mass is 17.2. The van der Waals surface area contributed by atoms with Gasteiger partial charge in [-0.25, -0.2) is 9.59 Å². The molecule has 0 aliphatic carbocycles. The summed E-state index contributed by atoms with van der Waals surface area (Å²) in [5.74, 6) is 4.38. The molecule has 2 unspecified atom stereocenters. The second kappa shape index (κ2) is 11.2. The fourth-order valence-electron chi connectivity index (χ4n) is 1.90. The van der Waals surface area contributed by atoms with Gasteiger partial charge in [0.15, 0.2) is 11.2 Å². The molecule has 6 nitrogen and oxygen atoms in total. The quantitative estimate of drug-likeness (QED) is 0.323. The van der Waals surface area contributed by atoms with Crippen LogP contribution in [-0.2, 0) is 29.1 Å². The van der Waals surface area contributed by atoms with Crippen LogP contribution in [-0.4, -0.2) is 23.1 Å². The van der Waals surface area contributed by atoms with Crippen LogP contribution in [0.25, 0.3) is 0 Å². The molecule has 0 saturated heterocycles. The first-order chi connectivity index (χ1) is 11.9. The van der Waals surface area contributed by atoms with Gasteiger partial charge in [0.25, 0.3) is 0 Å². The van der Waals surface area contributed by atoms with Gasteiger partial charge in [-0.05, 0) is 40.5 Å². The van der Waals surface area contributed by atoms with E-state index in [2.05, 4.69) is 11.8 Å². The monoisotopic (exact) mass is 370 g/mol. The normalized spacial score (nSPS) is 14.0. The summed E-state index contributed by atoms with van der Waals surface area (Å²) in [5, 5.41) is 0. The second-order valence-corrected chi connectivity index (χ2v) is 7.62. The Balaban J connectivity index is 4.61. The lowest BCUT2D eigenvalue weighted by Crippen LogP contribution is -2.30. The second-order valence-electron chi connectivity index (χ2n) is 7.62. The molecule has 26 heavy (non-hydrogen) atoms. The van der Waals surface area contributed by atoms with E-state index in [4.69, 9.17) is 19.6 Å². The van der Waals surface area contributed by atoms with Gasteiger partial charge < -0.3 is 0 Å². The summed E-state index contributed by atoms with van der Waals surface area (Å²) in [4.78, 5) is 43.7. The summed E-state index contributed by atoms with van der Waals surface area (Å²) in [6.07, 6.45) is 3.25. The van der Waals surface area contributed by atoms with Crippen molar-refractivity contribution < 1.29 is 29.1 Å². The van der Waals surface area contributed by atoms with Crippen LogP contribution in [0, 0.1) is 23.7 Å². The van der Waals surface area contributed by atoms with Crippen molar-refractivity contribution in [1.82, 2.24) is 0 Å². The number of hydrogen-bond donors (Lipinski definition) is 0. The van der Waals surface area contributed by atoms with E-state index >= 15 is 0 Å². The zero-order valence-electron chi connectivity index (χ0n) is 17.4. The highest BCUT2D eigenvalue weighted by Crippen LogP contribution is 2.16. The van der Waals surface area contributed by atoms with Crippen molar-refractivity contribution >= 4 is 11.9 Å². The van der Waals surface area contributed by atoms with Crippen LogP contribution in [0.2, 0.25) is 0 Å². The first-order valence-electron chi connectivity index (χ1n) is 9.27. The zero-order valence-corrected chi connectivity index (χ0v) is 17.4. The highest BCUT2D eigenvalue weighted by Gasteiger charge is 2.25. The van der Waals surface area contributed by atoms with E-state index in [-0.39, 0.29) is 11.8 Å². The van der Waals surface area contributed by atoms with Gasteiger partial charge >= 0.3 is 11.9 Å². The van der Waals surface area contributed by atoms with Gasteiger partial charge in [0, 0.05) is 0 Å².